The molecular formula is C13H17N3O7. The Labute approximate surface area is 130 Å². The van der Waals surface area contributed by atoms with E-state index in [2.05, 4.69) is 5.32 Å². The normalized spacial score (nSPS) is 11.3. The highest BCUT2D eigenvalue weighted by atomic mass is 16.5. The monoisotopic (exact) mass is 327 g/mol. The maximum atomic E-state index is 11.9. The van der Waals surface area contributed by atoms with Crippen LogP contribution in [0.15, 0.2) is 18.2 Å². The third-order valence-electron chi connectivity index (χ3n) is 2.66. The van der Waals surface area contributed by atoms with Crippen molar-refractivity contribution in [2.24, 2.45) is 5.73 Å². The van der Waals surface area contributed by atoms with Crippen molar-refractivity contribution in [1.29, 1.82) is 0 Å². The summed E-state index contributed by atoms with van der Waals surface area (Å²) in [5, 5.41) is 31.1. The zero-order chi connectivity index (χ0) is 17.4. The number of carbonyl (C=O) groups excluding carboxylic acids is 1. The standard InChI is InChI=1S/C13H17N3O7/c14-3-4-23-7-1-2-8(10(17)5-7)11(18)15-6-9(12(19)20)16-13(21)22/h1-2,5,9,16-17H,3-4,6,14H2,(H,15,18)(H,19,20)(H,21,22). The van der Waals surface area contributed by atoms with Gasteiger partial charge < -0.3 is 36.4 Å². The molecule has 1 aromatic rings. The summed E-state index contributed by atoms with van der Waals surface area (Å²) >= 11 is 0. The number of nitrogens with two attached hydrogens (primary N) is 1. The molecular weight excluding hydrogens is 310 g/mol. The van der Waals surface area contributed by atoms with Gasteiger partial charge in [0.1, 0.15) is 24.1 Å². The molecule has 0 saturated carbocycles. The third-order valence-corrected chi connectivity index (χ3v) is 2.66. The highest BCUT2D eigenvalue weighted by Gasteiger charge is 2.21. The van der Waals surface area contributed by atoms with E-state index in [9.17, 15) is 19.5 Å². The minimum atomic E-state index is -1.53. The summed E-state index contributed by atoms with van der Waals surface area (Å²) in [6.07, 6.45) is -1.53. The molecule has 1 atom stereocenters. The van der Waals surface area contributed by atoms with Crippen molar-refractivity contribution in [2.75, 3.05) is 19.7 Å². The van der Waals surface area contributed by atoms with Gasteiger partial charge >= 0.3 is 12.1 Å². The molecule has 0 aromatic heterocycles. The molecule has 0 bridgehead atoms. The predicted molar refractivity (Wildman–Crippen MR) is 77.6 cm³/mol. The number of carboxylic acids is 1. The summed E-state index contributed by atoms with van der Waals surface area (Å²) < 4.78 is 5.17. The number of benzene rings is 1. The summed E-state index contributed by atoms with van der Waals surface area (Å²) in [5.74, 6) is -2.25. The van der Waals surface area contributed by atoms with Crippen molar-refractivity contribution in [3.8, 4) is 11.5 Å². The topological polar surface area (TPSA) is 171 Å². The van der Waals surface area contributed by atoms with E-state index in [0.717, 1.165) is 0 Å². The number of rotatable bonds is 8. The minimum absolute atomic E-state index is 0.107. The largest absolute Gasteiger partial charge is 0.507 e. The molecule has 7 N–H and O–H groups in total. The summed E-state index contributed by atoms with van der Waals surface area (Å²) in [6.45, 7) is 0.0492. The van der Waals surface area contributed by atoms with Crippen LogP contribution < -0.4 is 21.1 Å². The lowest BCUT2D eigenvalue weighted by Crippen LogP contribution is -2.48. The number of nitrogens with one attached hydrogen (secondary N) is 2. The van der Waals surface area contributed by atoms with Gasteiger partial charge in [0.05, 0.1) is 5.56 Å². The quantitative estimate of drug-likeness (QED) is 0.359. The number of carbonyl (C=O) groups is 3. The molecule has 126 valence electrons. The van der Waals surface area contributed by atoms with Crippen LogP contribution in [0.3, 0.4) is 0 Å². The number of aliphatic carboxylic acids is 1. The van der Waals surface area contributed by atoms with Gasteiger partial charge in [0, 0.05) is 19.2 Å². The number of carboxylic acid groups (broad SMARTS) is 2. The van der Waals surface area contributed by atoms with Crippen LogP contribution in [-0.2, 0) is 4.79 Å². The highest BCUT2D eigenvalue weighted by molar-refractivity contribution is 5.97. The summed E-state index contributed by atoms with van der Waals surface area (Å²) in [5.41, 5.74) is 5.17. The van der Waals surface area contributed by atoms with Crippen LogP contribution >= 0.6 is 0 Å². The van der Waals surface area contributed by atoms with E-state index in [1.165, 1.54) is 18.2 Å². The van der Waals surface area contributed by atoms with Gasteiger partial charge in [0.2, 0.25) is 0 Å². The molecule has 1 aromatic carbocycles. The second-order valence-electron chi connectivity index (χ2n) is 4.37. The van der Waals surface area contributed by atoms with E-state index in [-0.39, 0.29) is 24.5 Å². The number of ether oxygens (including phenoxy) is 1. The van der Waals surface area contributed by atoms with Crippen LogP contribution in [0.25, 0.3) is 0 Å². The van der Waals surface area contributed by atoms with Crippen molar-refractivity contribution in [3.63, 3.8) is 0 Å². The van der Waals surface area contributed by atoms with Gasteiger partial charge in [0.15, 0.2) is 0 Å². The number of phenolic OH excluding ortho intramolecular Hbond substituents is 1. The van der Waals surface area contributed by atoms with Crippen LogP contribution in [0.4, 0.5) is 4.79 Å². The lowest BCUT2D eigenvalue weighted by Gasteiger charge is -2.14. The highest BCUT2D eigenvalue weighted by Crippen LogP contribution is 2.23. The minimum Gasteiger partial charge on any atom is -0.507 e. The molecule has 0 spiro atoms. The molecule has 0 heterocycles. The van der Waals surface area contributed by atoms with Gasteiger partial charge in [-0.1, -0.05) is 0 Å². The van der Waals surface area contributed by atoms with Crippen LogP contribution in [0.2, 0.25) is 0 Å². The molecule has 23 heavy (non-hydrogen) atoms. The molecule has 0 saturated heterocycles. The van der Waals surface area contributed by atoms with Crippen molar-refractivity contribution >= 4 is 18.0 Å². The molecule has 0 aliphatic carbocycles. The Balaban J connectivity index is 2.70. The summed E-state index contributed by atoms with van der Waals surface area (Å²) in [7, 11) is 0. The fraction of sp³-hybridized carbons (Fsp3) is 0.308. The zero-order valence-corrected chi connectivity index (χ0v) is 12.0. The third kappa shape index (κ3) is 5.71. The molecule has 1 unspecified atom stereocenters. The first-order chi connectivity index (χ1) is 10.8. The predicted octanol–water partition coefficient (Wildman–Crippen LogP) is -0.820. The Hall–Kier alpha value is -3.01. The Morgan fingerprint density at radius 3 is 2.48 bits per heavy atom. The summed E-state index contributed by atoms with van der Waals surface area (Å²) in [4.78, 5) is 33.2. The van der Waals surface area contributed by atoms with E-state index in [1.807, 2.05) is 0 Å². The average Bonchev–Trinajstić information content (AvgIpc) is 2.48. The molecule has 0 aliphatic heterocycles. The zero-order valence-electron chi connectivity index (χ0n) is 12.0. The van der Waals surface area contributed by atoms with E-state index >= 15 is 0 Å². The van der Waals surface area contributed by atoms with Crippen molar-refractivity contribution in [1.82, 2.24) is 10.6 Å². The molecule has 0 fully saturated rings. The van der Waals surface area contributed by atoms with E-state index in [0.29, 0.717) is 5.75 Å². The first-order valence-electron chi connectivity index (χ1n) is 6.51. The van der Waals surface area contributed by atoms with Crippen molar-refractivity contribution < 1.29 is 34.4 Å². The van der Waals surface area contributed by atoms with Gasteiger partial charge in [-0.05, 0) is 12.1 Å². The average molecular weight is 327 g/mol. The van der Waals surface area contributed by atoms with Crippen LogP contribution in [-0.4, -0.2) is 59.0 Å². The number of hydrogen-bond acceptors (Lipinski definition) is 6. The first kappa shape index (κ1) is 18.0. The molecule has 10 heteroatoms. The summed E-state index contributed by atoms with van der Waals surface area (Å²) in [6, 6.07) is 2.44. The second kappa shape index (κ2) is 8.44. The first-order valence-corrected chi connectivity index (χ1v) is 6.51. The second-order valence-corrected chi connectivity index (χ2v) is 4.37. The fourth-order valence-electron chi connectivity index (χ4n) is 1.61. The van der Waals surface area contributed by atoms with Gasteiger partial charge in [-0.15, -0.1) is 0 Å². The fourth-order valence-corrected chi connectivity index (χ4v) is 1.61. The maximum Gasteiger partial charge on any atom is 0.405 e. The van der Waals surface area contributed by atoms with Crippen LogP contribution in [0.5, 0.6) is 11.5 Å². The number of aromatic hydroxyl groups is 1. The number of hydrogen-bond donors (Lipinski definition) is 6. The smallest absolute Gasteiger partial charge is 0.405 e. The van der Waals surface area contributed by atoms with Crippen LogP contribution in [0.1, 0.15) is 10.4 Å². The molecule has 10 nitrogen and oxygen atoms in total. The van der Waals surface area contributed by atoms with Crippen molar-refractivity contribution in [3.05, 3.63) is 23.8 Å². The molecule has 1 rings (SSSR count). The molecule has 2 amide bonds. The van der Waals surface area contributed by atoms with Gasteiger partial charge in [-0.2, -0.15) is 0 Å². The van der Waals surface area contributed by atoms with Gasteiger partial charge in [0.25, 0.3) is 5.91 Å². The van der Waals surface area contributed by atoms with E-state index < -0.39 is 30.6 Å². The lowest BCUT2D eigenvalue weighted by atomic mass is 10.1. The van der Waals surface area contributed by atoms with E-state index in [1.54, 1.807) is 5.32 Å². The Kier molecular flexibility index (Phi) is 6.62. The Bertz CT molecular complexity index is 591. The number of amides is 2. The van der Waals surface area contributed by atoms with Gasteiger partial charge in [-0.3, -0.25) is 4.79 Å². The Morgan fingerprint density at radius 2 is 1.96 bits per heavy atom. The number of phenols is 1. The maximum absolute atomic E-state index is 11.9. The molecule has 0 radical (unpaired) electrons. The molecule has 0 aliphatic rings. The van der Waals surface area contributed by atoms with Crippen LogP contribution in [0, 0.1) is 0 Å². The SMILES string of the molecule is NCCOc1ccc(C(=O)NCC(NC(=O)O)C(=O)O)c(O)c1. The van der Waals surface area contributed by atoms with E-state index in [4.69, 9.17) is 20.7 Å². The lowest BCUT2D eigenvalue weighted by molar-refractivity contribution is -0.139. The Morgan fingerprint density at radius 1 is 1.26 bits per heavy atom. The van der Waals surface area contributed by atoms with Crippen molar-refractivity contribution in [2.45, 2.75) is 6.04 Å². The van der Waals surface area contributed by atoms with Gasteiger partial charge in [-0.25, -0.2) is 9.59 Å².